The SMILES string of the molecule is COc1cc([N+](=O)[O-])c(OC)c2c(/C=N/O)cc(C(F)(F)F)nc12. The van der Waals surface area contributed by atoms with E-state index in [0.717, 1.165) is 20.3 Å². The topological polar surface area (TPSA) is 107 Å². The van der Waals surface area contributed by atoms with E-state index in [1.54, 1.807) is 0 Å². The maximum absolute atomic E-state index is 13.0. The third-order valence-corrected chi connectivity index (χ3v) is 3.12. The van der Waals surface area contributed by atoms with Gasteiger partial charge in [0.2, 0.25) is 5.75 Å². The maximum atomic E-state index is 13.0. The number of nitrogens with zero attached hydrogens (tertiary/aromatic N) is 3. The van der Waals surface area contributed by atoms with E-state index in [-0.39, 0.29) is 28.0 Å². The summed E-state index contributed by atoms with van der Waals surface area (Å²) < 4.78 is 48.9. The molecule has 0 amide bonds. The average molecular weight is 345 g/mol. The van der Waals surface area contributed by atoms with Crippen molar-refractivity contribution in [2.24, 2.45) is 5.16 Å². The summed E-state index contributed by atoms with van der Waals surface area (Å²) >= 11 is 0. The number of nitro benzene ring substituents is 1. The van der Waals surface area contributed by atoms with E-state index in [4.69, 9.17) is 14.7 Å². The lowest BCUT2D eigenvalue weighted by atomic mass is 10.0. The van der Waals surface area contributed by atoms with E-state index in [0.29, 0.717) is 12.3 Å². The number of nitro groups is 1. The Morgan fingerprint density at radius 3 is 2.46 bits per heavy atom. The van der Waals surface area contributed by atoms with Crippen LogP contribution < -0.4 is 9.47 Å². The molecule has 0 saturated heterocycles. The second-order valence-corrected chi connectivity index (χ2v) is 4.45. The summed E-state index contributed by atoms with van der Waals surface area (Å²) in [7, 11) is 2.25. The number of hydrogen-bond donors (Lipinski definition) is 1. The van der Waals surface area contributed by atoms with Crippen LogP contribution >= 0.6 is 0 Å². The molecule has 8 nitrogen and oxygen atoms in total. The summed E-state index contributed by atoms with van der Waals surface area (Å²) in [5.41, 5.74) is -2.39. The molecule has 128 valence electrons. The lowest BCUT2D eigenvalue weighted by molar-refractivity contribution is -0.385. The molecule has 2 rings (SSSR count). The number of halogens is 3. The van der Waals surface area contributed by atoms with Crippen LogP contribution in [0.3, 0.4) is 0 Å². The lowest BCUT2D eigenvalue weighted by Gasteiger charge is -2.14. The van der Waals surface area contributed by atoms with Gasteiger partial charge in [0.05, 0.1) is 36.8 Å². The smallest absolute Gasteiger partial charge is 0.433 e. The summed E-state index contributed by atoms with van der Waals surface area (Å²) in [4.78, 5) is 13.9. The molecule has 0 saturated carbocycles. The third kappa shape index (κ3) is 2.87. The van der Waals surface area contributed by atoms with E-state index in [1.165, 1.54) is 0 Å². The molecular weight excluding hydrogens is 335 g/mol. The first kappa shape index (κ1) is 17.2. The summed E-state index contributed by atoms with van der Waals surface area (Å²) in [5.74, 6) is -0.580. The Balaban J connectivity index is 3.06. The van der Waals surface area contributed by atoms with Gasteiger partial charge < -0.3 is 14.7 Å². The molecule has 0 fully saturated rings. The molecule has 0 radical (unpaired) electrons. The van der Waals surface area contributed by atoms with E-state index < -0.39 is 22.5 Å². The van der Waals surface area contributed by atoms with Crippen molar-refractivity contribution in [3.8, 4) is 11.5 Å². The summed E-state index contributed by atoms with van der Waals surface area (Å²) in [6.07, 6.45) is -4.09. The molecule has 0 aliphatic carbocycles. The van der Waals surface area contributed by atoms with Gasteiger partial charge in [0.15, 0.2) is 5.75 Å². The Morgan fingerprint density at radius 1 is 1.33 bits per heavy atom. The number of alkyl halides is 3. The fourth-order valence-electron chi connectivity index (χ4n) is 2.17. The molecule has 0 spiro atoms. The summed E-state index contributed by atoms with van der Waals surface area (Å²) in [6.45, 7) is 0. The van der Waals surface area contributed by atoms with Crippen LogP contribution in [0.2, 0.25) is 0 Å². The normalized spacial score (nSPS) is 11.9. The Hall–Kier alpha value is -3.11. The Labute approximate surface area is 132 Å². The zero-order valence-electron chi connectivity index (χ0n) is 12.3. The summed E-state index contributed by atoms with van der Waals surface area (Å²) in [5, 5.41) is 22.4. The predicted octanol–water partition coefficient (Wildman–Crippen LogP) is 2.99. The molecule has 2 aromatic rings. The number of aromatic nitrogens is 1. The molecule has 1 aromatic heterocycles. The van der Waals surface area contributed by atoms with Gasteiger partial charge in [-0.2, -0.15) is 13.2 Å². The maximum Gasteiger partial charge on any atom is 0.433 e. The van der Waals surface area contributed by atoms with Gasteiger partial charge in [-0.05, 0) is 6.07 Å². The third-order valence-electron chi connectivity index (χ3n) is 3.12. The van der Waals surface area contributed by atoms with Crippen LogP contribution in [0.4, 0.5) is 18.9 Å². The minimum absolute atomic E-state index is 0.144. The zero-order valence-corrected chi connectivity index (χ0v) is 12.3. The molecule has 0 aliphatic heterocycles. The van der Waals surface area contributed by atoms with Crippen LogP contribution in [0.1, 0.15) is 11.3 Å². The minimum atomic E-state index is -4.79. The molecule has 0 bridgehead atoms. The Bertz CT molecular complexity index is 836. The lowest BCUT2D eigenvalue weighted by Crippen LogP contribution is -2.10. The molecule has 1 heterocycles. The highest BCUT2D eigenvalue weighted by atomic mass is 19.4. The second-order valence-electron chi connectivity index (χ2n) is 4.45. The number of oxime groups is 1. The molecule has 24 heavy (non-hydrogen) atoms. The van der Waals surface area contributed by atoms with Crippen LogP contribution in [0.5, 0.6) is 11.5 Å². The van der Waals surface area contributed by atoms with Gasteiger partial charge in [0, 0.05) is 5.56 Å². The first-order valence-corrected chi connectivity index (χ1v) is 6.23. The fraction of sp³-hybridized carbons (Fsp3) is 0.231. The van der Waals surface area contributed by atoms with Gasteiger partial charge in [0.1, 0.15) is 11.2 Å². The molecule has 1 N–H and O–H groups in total. The van der Waals surface area contributed by atoms with Gasteiger partial charge in [0.25, 0.3) is 0 Å². The zero-order chi connectivity index (χ0) is 18.1. The number of hydrogen-bond acceptors (Lipinski definition) is 7. The number of ether oxygens (including phenoxy) is 2. The Morgan fingerprint density at radius 2 is 2.00 bits per heavy atom. The number of rotatable bonds is 4. The van der Waals surface area contributed by atoms with E-state index >= 15 is 0 Å². The van der Waals surface area contributed by atoms with Crippen molar-refractivity contribution >= 4 is 22.8 Å². The van der Waals surface area contributed by atoms with E-state index in [2.05, 4.69) is 10.1 Å². The monoisotopic (exact) mass is 345 g/mol. The fourth-order valence-corrected chi connectivity index (χ4v) is 2.17. The first-order chi connectivity index (χ1) is 11.2. The molecule has 0 atom stereocenters. The Kier molecular flexibility index (Phi) is 4.44. The molecular formula is C13H10F3N3O5. The van der Waals surface area contributed by atoms with Crippen molar-refractivity contribution in [3.63, 3.8) is 0 Å². The van der Waals surface area contributed by atoms with Gasteiger partial charge in [-0.25, -0.2) is 4.98 Å². The molecule has 0 unspecified atom stereocenters. The van der Waals surface area contributed by atoms with E-state index in [9.17, 15) is 23.3 Å². The number of benzene rings is 1. The van der Waals surface area contributed by atoms with E-state index in [1.807, 2.05) is 0 Å². The van der Waals surface area contributed by atoms with Gasteiger partial charge >= 0.3 is 11.9 Å². The standard InChI is InChI=1S/C13H10F3N3O5/c1-23-8-4-7(19(21)22)12(24-2)10-6(5-17-20)3-9(13(14,15)16)18-11(8)10/h3-5,20H,1-2H3/b17-5+. The van der Waals surface area contributed by atoms with Crippen LogP contribution in [0.15, 0.2) is 17.3 Å². The second kappa shape index (κ2) is 6.18. The number of pyridine rings is 1. The van der Waals surface area contributed by atoms with Gasteiger partial charge in [-0.1, -0.05) is 5.16 Å². The van der Waals surface area contributed by atoms with Gasteiger partial charge in [-0.3, -0.25) is 10.1 Å². The highest BCUT2D eigenvalue weighted by Gasteiger charge is 2.35. The highest BCUT2D eigenvalue weighted by Crippen LogP contribution is 2.43. The quantitative estimate of drug-likeness (QED) is 0.395. The first-order valence-electron chi connectivity index (χ1n) is 6.23. The van der Waals surface area contributed by atoms with Crippen LogP contribution in [-0.2, 0) is 6.18 Å². The van der Waals surface area contributed by atoms with Crippen molar-refractivity contribution in [2.75, 3.05) is 14.2 Å². The van der Waals surface area contributed by atoms with Crippen molar-refractivity contribution in [2.45, 2.75) is 6.18 Å². The predicted molar refractivity (Wildman–Crippen MR) is 75.9 cm³/mol. The average Bonchev–Trinajstić information content (AvgIpc) is 2.52. The van der Waals surface area contributed by atoms with Crippen LogP contribution in [-0.4, -0.2) is 35.5 Å². The highest BCUT2D eigenvalue weighted by molar-refractivity contribution is 6.05. The molecule has 11 heteroatoms. The van der Waals surface area contributed by atoms with Crippen molar-refractivity contribution in [1.29, 1.82) is 0 Å². The minimum Gasteiger partial charge on any atom is -0.494 e. The molecule has 1 aromatic carbocycles. The van der Waals surface area contributed by atoms with Crippen molar-refractivity contribution in [3.05, 3.63) is 33.5 Å². The summed E-state index contributed by atoms with van der Waals surface area (Å²) in [6, 6.07) is 1.50. The van der Waals surface area contributed by atoms with Gasteiger partial charge in [-0.15, -0.1) is 0 Å². The van der Waals surface area contributed by atoms with Crippen molar-refractivity contribution < 1.29 is 32.8 Å². The largest absolute Gasteiger partial charge is 0.494 e. The van der Waals surface area contributed by atoms with Crippen LogP contribution in [0.25, 0.3) is 10.9 Å². The van der Waals surface area contributed by atoms with Crippen LogP contribution in [0, 0.1) is 10.1 Å². The number of methoxy groups -OCH3 is 2. The van der Waals surface area contributed by atoms with Crippen molar-refractivity contribution in [1.82, 2.24) is 4.98 Å². The molecule has 0 aliphatic rings. The number of fused-ring (bicyclic) bond motifs is 1.